The molecule has 1 aromatic heterocycles. The maximum Gasteiger partial charge on any atom is 0.253 e. The predicted octanol–water partition coefficient (Wildman–Crippen LogP) is 3.44. The van der Waals surface area contributed by atoms with Crippen LogP contribution in [0.15, 0.2) is 28.8 Å². The van der Waals surface area contributed by atoms with Crippen LogP contribution in [0.3, 0.4) is 0 Å². The van der Waals surface area contributed by atoms with Crippen molar-refractivity contribution in [2.75, 3.05) is 19.7 Å². The normalized spacial score (nSPS) is 20.2. The topological polar surface area (TPSA) is 68.5 Å². The molecule has 2 aliphatic rings. The van der Waals surface area contributed by atoms with E-state index in [1.54, 1.807) is 0 Å². The van der Waals surface area contributed by atoms with Gasteiger partial charge in [0, 0.05) is 31.0 Å². The number of rotatable bonds is 6. The Labute approximate surface area is 153 Å². The van der Waals surface area contributed by atoms with Gasteiger partial charge < -0.3 is 14.2 Å². The lowest BCUT2D eigenvalue weighted by atomic mass is 9.94. The molecule has 0 N–H and O–H groups in total. The summed E-state index contributed by atoms with van der Waals surface area (Å²) in [6.07, 6.45) is 5.21. The van der Waals surface area contributed by atoms with Gasteiger partial charge in [0.25, 0.3) is 5.91 Å². The van der Waals surface area contributed by atoms with Gasteiger partial charge in [-0.05, 0) is 62.8 Å². The monoisotopic (exact) mass is 355 g/mol. The van der Waals surface area contributed by atoms with Crippen molar-refractivity contribution in [3.63, 3.8) is 0 Å². The van der Waals surface area contributed by atoms with Crippen molar-refractivity contribution in [3.8, 4) is 5.75 Å². The predicted molar refractivity (Wildman–Crippen MR) is 96.2 cm³/mol. The third-order valence-electron chi connectivity index (χ3n) is 5.11. The largest absolute Gasteiger partial charge is 0.494 e. The number of carbonyl (C=O) groups excluding carboxylic acids is 1. The van der Waals surface area contributed by atoms with Crippen LogP contribution in [-0.2, 0) is 6.42 Å². The molecule has 1 unspecified atom stereocenters. The molecule has 2 aromatic rings. The van der Waals surface area contributed by atoms with Gasteiger partial charge in [-0.2, -0.15) is 4.98 Å². The Hall–Kier alpha value is -2.37. The Morgan fingerprint density at radius 2 is 2.08 bits per heavy atom. The highest BCUT2D eigenvalue weighted by molar-refractivity contribution is 5.94. The Morgan fingerprint density at radius 3 is 2.81 bits per heavy atom. The summed E-state index contributed by atoms with van der Waals surface area (Å²) >= 11 is 0. The Bertz CT molecular complexity index is 752. The molecule has 0 spiro atoms. The Morgan fingerprint density at radius 1 is 1.27 bits per heavy atom. The number of hydrogen-bond acceptors (Lipinski definition) is 5. The fourth-order valence-electron chi connectivity index (χ4n) is 3.56. The molecule has 2 fully saturated rings. The molecule has 1 aromatic carbocycles. The van der Waals surface area contributed by atoms with Crippen molar-refractivity contribution in [1.82, 2.24) is 15.0 Å². The third kappa shape index (κ3) is 3.89. The van der Waals surface area contributed by atoms with Crippen molar-refractivity contribution in [1.29, 1.82) is 0 Å². The molecule has 138 valence electrons. The van der Waals surface area contributed by atoms with E-state index in [4.69, 9.17) is 9.26 Å². The van der Waals surface area contributed by atoms with Gasteiger partial charge in [0.05, 0.1) is 6.61 Å². The molecule has 0 radical (unpaired) electrons. The molecule has 1 saturated heterocycles. The lowest BCUT2D eigenvalue weighted by Gasteiger charge is -2.32. The molecule has 6 nitrogen and oxygen atoms in total. The number of ether oxygens (including phenoxy) is 1. The van der Waals surface area contributed by atoms with Gasteiger partial charge >= 0.3 is 0 Å². The maximum atomic E-state index is 12.8. The summed E-state index contributed by atoms with van der Waals surface area (Å²) in [6, 6.07) is 7.40. The average molecular weight is 355 g/mol. The first-order valence-electron chi connectivity index (χ1n) is 9.57. The summed E-state index contributed by atoms with van der Waals surface area (Å²) in [7, 11) is 0. The zero-order valence-electron chi connectivity index (χ0n) is 15.2. The zero-order chi connectivity index (χ0) is 17.9. The van der Waals surface area contributed by atoms with Gasteiger partial charge in [-0.1, -0.05) is 5.16 Å². The van der Waals surface area contributed by atoms with E-state index in [1.807, 2.05) is 36.1 Å². The Balaban J connectivity index is 1.36. The smallest absolute Gasteiger partial charge is 0.253 e. The second kappa shape index (κ2) is 7.48. The summed E-state index contributed by atoms with van der Waals surface area (Å²) < 4.78 is 10.9. The van der Waals surface area contributed by atoms with Gasteiger partial charge in [0.2, 0.25) is 5.89 Å². The van der Waals surface area contributed by atoms with Gasteiger partial charge in [-0.15, -0.1) is 0 Å². The van der Waals surface area contributed by atoms with E-state index in [-0.39, 0.29) is 5.91 Å². The summed E-state index contributed by atoms with van der Waals surface area (Å²) in [5.41, 5.74) is 0.711. The zero-order valence-corrected chi connectivity index (χ0v) is 15.2. The van der Waals surface area contributed by atoms with Crippen LogP contribution in [0.2, 0.25) is 0 Å². The molecule has 1 atom stereocenters. The molecule has 4 rings (SSSR count). The van der Waals surface area contributed by atoms with Crippen LogP contribution in [0.25, 0.3) is 0 Å². The summed E-state index contributed by atoms with van der Waals surface area (Å²) in [5.74, 6) is 3.34. The molecule has 26 heavy (non-hydrogen) atoms. The SMILES string of the molecule is CCOc1ccc(C(=O)N2CCCC(Cc3nc(C4CC4)no3)C2)cc1. The van der Waals surface area contributed by atoms with E-state index < -0.39 is 0 Å². The third-order valence-corrected chi connectivity index (χ3v) is 5.11. The molecular formula is C20H25N3O3. The van der Waals surface area contributed by atoms with Crippen molar-refractivity contribution in [3.05, 3.63) is 41.5 Å². The number of likely N-dealkylation sites (tertiary alicyclic amines) is 1. The first-order valence-corrected chi connectivity index (χ1v) is 9.57. The van der Waals surface area contributed by atoms with Crippen molar-refractivity contribution >= 4 is 5.91 Å². The van der Waals surface area contributed by atoms with Crippen LogP contribution < -0.4 is 4.74 Å². The fourth-order valence-corrected chi connectivity index (χ4v) is 3.56. The number of amides is 1. The second-order valence-electron chi connectivity index (χ2n) is 7.24. The summed E-state index contributed by atoms with van der Waals surface area (Å²) in [4.78, 5) is 19.3. The lowest BCUT2D eigenvalue weighted by molar-refractivity contribution is 0.0668. The van der Waals surface area contributed by atoms with Gasteiger partial charge in [-0.3, -0.25) is 4.79 Å². The number of hydrogen-bond donors (Lipinski definition) is 0. The molecule has 1 aliphatic heterocycles. The van der Waals surface area contributed by atoms with Crippen LogP contribution in [0.5, 0.6) is 5.75 Å². The number of piperidine rings is 1. The van der Waals surface area contributed by atoms with E-state index >= 15 is 0 Å². The highest BCUT2D eigenvalue weighted by Gasteiger charge is 2.30. The summed E-state index contributed by atoms with van der Waals surface area (Å²) in [6.45, 7) is 4.12. The molecule has 1 amide bonds. The second-order valence-corrected chi connectivity index (χ2v) is 7.24. The quantitative estimate of drug-likeness (QED) is 0.794. The molecule has 1 aliphatic carbocycles. The average Bonchev–Trinajstić information content (AvgIpc) is 3.42. The van der Waals surface area contributed by atoms with Gasteiger partial charge in [0.1, 0.15) is 5.75 Å². The standard InChI is InChI=1S/C20H25N3O3/c1-2-25-17-9-7-16(8-10-17)20(24)23-11-3-4-14(13-23)12-18-21-19(22-26-18)15-5-6-15/h7-10,14-15H,2-6,11-13H2,1H3. The first kappa shape index (κ1) is 17.1. The number of nitrogens with zero attached hydrogens (tertiary/aromatic N) is 3. The van der Waals surface area contributed by atoms with Crippen molar-refractivity contribution < 1.29 is 14.1 Å². The molecular weight excluding hydrogens is 330 g/mol. The van der Waals surface area contributed by atoms with E-state index in [0.29, 0.717) is 29.9 Å². The number of benzene rings is 1. The number of carbonyl (C=O) groups is 1. The van der Waals surface area contributed by atoms with E-state index in [2.05, 4.69) is 10.1 Å². The minimum absolute atomic E-state index is 0.0851. The fraction of sp³-hybridized carbons (Fsp3) is 0.550. The van der Waals surface area contributed by atoms with E-state index in [0.717, 1.165) is 43.9 Å². The molecule has 0 bridgehead atoms. The van der Waals surface area contributed by atoms with Crippen LogP contribution >= 0.6 is 0 Å². The highest BCUT2D eigenvalue weighted by Crippen LogP contribution is 2.38. The lowest BCUT2D eigenvalue weighted by Crippen LogP contribution is -2.40. The highest BCUT2D eigenvalue weighted by atomic mass is 16.5. The minimum atomic E-state index is 0.0851. The van der Waals surface area contributed by atoms with E-state index in [1.165, 1.54) is 12.8 Å². The first-order chi connectivity index (χ1) is 12.7. The number of aromatic nitrogens is 2. The van der Waals surface area contributed by atoms with Crippen LogP contribution in [0.4, 0.5) is 0 Å². The van der Waals surface area contributed by atoms with Crippen molar-refractivity contribution in [2.24, 2.45) is 5.92 Å². The molecule has 1 saturated carbocycles. The van der Waals surface area contributed by atoms with E-state index in [9.17, 15) is 4.79 Å². The molecule has 2 heterocycles. The summed E-state index contributed by atoms with van der Waals surface area (Å²) in [5, 5.41) is 4.09. The van der Waals surface area contributed by atoms with Crippen LogP contribution in [0, 0.1) is 5.92 Å². The van der Waals surface area contributed by atoms with Gasteiger partial charge in [0.15, 0.2) is 5.82 Å². The Kier molecular flexibility index (Phi) is 4.91. The minimum Gasteiger partial charge on any atom is -0.494 e. The molecule has 6 heteroatoms. The van der Waals surface area contributed by atoms with Crippen LogP contribution in [-0.4, -0.2) is 40.6 Å². The van der Waals surface area contributed by atoms with Crippen LogP contribution in [0.1, 0.15) is 60.6 Å². The van der Waals surface area contributed by atoms with Crippen molar-refractivity contribution in [2.45, 2.75) is 44.9 Å². The maximum absolute atomic E-state index is 12.8. The van der Waals surface area contributed by atoms with Gasteiger partial charge in [-0.25, -0.2) is 0 Å².